The summed E-state index contributed by atoms with van der Waals surface area (Å²) >= 11 is 1.90. The summed E-state index contributed by atoms with van der Waals surface area (Å²) in [6.07, 6.45) is 4.32. The van der Waals surface area contributed by atoms with Crippen LogP contribution in [-0.2, 0) is 6.54 Å². The monoisotopic (exact) mass is 263 g/mol. The summed E-state index contributed by atoms with van der Waals surface area (Å²) in [5.74, 6) is 0.785. The molecule has 18 heavy (non-hydrogen) atoms. The van der Waals surface area contributed by atoms with Gasteiger partial charge in [0.15, 0.2) is 5.17 Å². The summed E-state index contributed by atoms with van der Waals surface area (Å²) in [5, 5.41) is 5.12. The van der Waals surface area contributed by atoms with E-state index in [4.69, 9.17) is 0 Å². The second kappa shape index (κ2) is 6.78. The molecule has 1 N–H and O–H groups in total. The van der Waals surface area contributed by atoms with E-state index in [1.807, 2.05) is 36.2 Å². The van der Waals surface area contributed by atoms with Gasteiger partial charge in [-0.2, -0.15) is 0 Å². The van der Waals surface area contributed by atoms with Crippen LogP contribution in [0.4, 0.5) is 0 Å². The number of thioether (sulfide) groups is 1. The molecule has 4 heteroatoms. The molecule has 0 aliphatic carbocycles. The predicted molar refractivity (Wildman–Crippen MR) is 78.8 cm³/mol. The molecule has 1 aromatic rings. The van der Waals surface area contributed by atoms with Gasteiger partial charge in [0.2, 0.25) is 0 Å². The van der Waals surface area contributed by atoms with Crippen molar-refractivity contribution in [1.29, 1.82) is 0 Å². The van der Waals surface area contributed by atoms with Crippen LogP contribution in [0.2, 0.25) is 0 Å². The van der Waals surface area contributed by atoms with Crippen LogP contribution in [0.15, 0.2) is 29.4 Å². The molecule has 0 spiro atoms. The molecule has 0 fully saturated rings. The van der Waals surface area contributed by atoms with Gasteiger partial charge in [-0.05, 0) is 18.1 Å². The molecule has 0 amide bonds. The Labute approximate surface area is 113 Å². The van der Waals surface area contributed by atoms with E-state index in [-0.39, 0.29) is 0 Å². The van der Waals surface area contributed by atoms with Gasteiger partial charge in [0.25, 0.3) is 0 Å². The first kappa shape index (κ1) is 13.4. The van der Waals surface area contributed by atoms with Gasteiger partial charge in [-0.15, -0.1) is 0 Å². The minimum absolute atomic E-state index is 0.659. The van der Waals surface area contributed by atoms with Gasteiger partial charge in [-0.3, -0.25) is 9.98 Å². The van der Waals surface area contributed by atoms with Gasteiger partial charge >= 0.3 is 0 Å². The van der Waals surface area contributed by atoms with Crippen molar-refractivity contribution in [3.63, 3.8) is 0 Å². The summed E-state index contributed by atoms with van der Waals surface area (Å²) in [5.41, 5.74) is 1.06. The van der Waals surface area contributed by atoms with Gasteiger partial charge < -0.3 is 5.32 Å². The van der Waals surface area contributed by atoms with Crippen LogP contribution in [0.25, 0.3) is 0 Å². The highest BCUT2D eigenvalue weighted by molar-refractivity contribution is 8.14. The molecule has 0 saturated heterocycles. The van der Waals surface area contributed by atoms with Crippen LogP contribution >= 0.6 is 11.8 Å². The summed E-state index contributed by atoms with van der Waals surface area (Å²) < 4.78 is 0. The van der Waals surface area contributed by atoms with Crippen molar-refractivity contribution >= 4 is 16.9 Å². The average molecular weight is 263 g/mol. The van der Waals surface area contributed by atoms with Crippen LogP contribution in [0, 0.1) is 5.92 Å². The van der Waals surface area contributed by atoms with Gasteiger partial charge in [0, 0.05) is 11.4 Å². The number of aromatic nitrogens is 1. The van der Waals surface area contributed by atoms with E-state index in [1.165, 1.54) is 12.8 Å². The average Bonchev–Trinajstić information content (AvgIpc) is 2.88. The minimum Gasteiger partial charge on any atom is -0.359 e. The highest BCUT2D eigenvalue weighted by Gasteiger charge is 2.25. The maximum absolute atomic E-state index is 4.59. The molecule has 2 rings (SSSR count). The lowest BCUT2D eigenvalue weighted by Crippen LogP contribution is -2.21. The zero-order valence-corrected chi connectivity index (χ0v) is 11.9. The maximum Gasteiger partial charge on any atom is 0.157 e. The van der Waals surface area contributed by atoms with E-state index < -0.39 is 0 Å². The molecule has 0 radical (unpaired) electrons. The second-order valence-electron chi connectivity index (χ2n) is 4.55. The van der Waals surface area contributed by atoms with Crippen LogP contribution in [0.5, 0.6) is 0 Å². The van der Waals surface area contributed by atoms with Gasteiger partial charge in [-0.25, -0.2) is 0 Å². The molecule has 1 atom stereocenters. The Morgan fingerprint density at radius 3 is 2.89 bits per heavy atom. The van der Waals surface area contributed by atoms with Crippen LogP contribution in [0.1, 0.15) is 32.4 Å². The van der Waals surface area contributed by atoms with Crippen molar-refractivity contribution in [2.24, 2.45) is 10.9 Å². The Kier molecular flexibility index (Phi) is 5.05. The van der Waals surface area contributed by atoms with E-state index in [0.717, 1.165) is 29.9 Å². The van der Waals surface area contributed by atoms with Crippen LogP contribution in [0.3, 0.4) is 0 Å². The van der Waals surface area contributed by atoms with Crippen molar-refractivity contribution < 1.29 is 0 Å². The number of nitrogens with one attached hydrogen (secondary N) is 1. The number of hydrogen-bond acceptors (Lipinski definition) is 4. The standard InChI is InChI=1S/C14H21N3S/c1-3-11(4-2)13-10-17-14(18-13)16-9-12-7-5-6-8-15-12/h5-8,11,13H,3-4,9-10H2,1-2H3,(H,16,17). The summed E-state index contributed by atoms with van der Waals surface area (Å²) in [6, 6.07) is 5.99. The molecule has 0 saturated carbocycles. The lowest BCUT2D eigenvalue weighted by Gasteiger charge is -2.18. The van der Waals surface area contributed by atoms with Crippen molar-refractivity contribution in [2.45, 2.75) is 38.5 Å². The first-order valence-corrected chi connectivity index (χ1v) is 7.56. The highest BCUT2D eigenvalue weighted by atomic mass is 32.2. The van der Waals surface area contributed by atoms with Gasteiger partial charge in [0.05, 0.1) is 18.8 Å². The predicted octanol–water partition coefficient (Wildman–Crippen LogP) is 3.08. The van der Waals surface area contributed by atoms with Crippen molar-refractivity contribution in [2.75, 3.05) is 6.54 Å². The molecule has 1 unspecified atom stereocenters. The van der Waals surface area contributed by atoms with Crippen LogP contribution in [-0.4, -0.2) is 21.9 Å². The third-order valence-electron chi connectivity index (χ3n) is 3.40. The topological polar surface area (TPSA) is 37.3 Å². The van der Waals surface area contributed by atoms with Crippen molar-refractivity contribution in [3.05, 3.63) is 30.1 Å². The lowest BCUT2D eigenvalue weighted by molar-refractivity contribution is 0.479. The third kappa shape index (κ3) is 3.48. The smallest absolute Gasteiger partial charge is 0.157 e. The molecular formula is C14H21N3S. The molecule has 2 heterocycles. The highest BCUT2D eigenvalue weighted by Crippen LogP contribution is 2.30. The van der Waals surface area contributed by atoms with E-state index in [1.54, 1.807) is 0 Å². The zero-order valence-electron chi connectivity index (χ0n) is 11.1. The summed E-state index contributed by atoms with van der Waals surface area (Å²) in [6.45, 7) is 6.27. The molecule has 3 nitrogen and oxygen atoms in total. The number of rotatable bonds is 5. The largest absolute Gasteiger partial charge is 0.359 e. The molecule has 98 valence electrons. The molecule has 0 bridgehead atoms. The molecular weight excluding hydrogens is 242 g/mol. The van der Waals surface area contributed by atoms with E-state index in [9.17, 15) is 0 Å². The minimum atomic E-state index is 0.659. The fourth-order valence-electron chi connectivity index (χ4n) is 2.22. The molecule has 1 aliphatic rings. The van der Waals surface area contributed by atoms with Crippen LogP contribution < -0.4 is 5.32 Å². The van der Waals surface area contributed by atoms with E-state index >= 15 is 0 Å². The van der Waals surface area contributed by atoms with Gasteiger partial charge in [-0.1, -0.05) is 44.5 Å². The Hall–Kier alpha value is -1.03. The maximum atomic E-state index is 4.59. The number of nitrogens with zero attached hydrogens (tertiary/aromatic N) is 2. The Morgan fingerprint density at radius 2 is 2.22 bits per heavy atom. The molecule has 0 aromatic carbocycles. The SMILES string of the molecule is CCC(CC)C1CN=C(NCc2ccccn2)S1. The van der Waals surface area contributed by atoms with Crippen molar-refractivity contribution in [1.82, 2.24) is 10.3 Å². The molecule has 1 aliphatic heterocycles. The second-order valence-corrected chi connectivity index (χ2v) is 5.78. The van der Waals surface area contributed by atoms with Gasteiger partial charge in [0.1, 0.15) is 0 Å². The Bertz CT molecular complexity index is 387. The zero-order chi connectivity index (χ0) is 12.8. The Morgan fingerprint density at radius 1 is 1.39 bits per heavy atom. The summed E-state index contributed by atoms with van der Waals surface area (Å²) in [4.78, 5) is 8.89. The fourth-order valence-corrected chi connectivity index (χ4v) is 3.53. The fraction of sp³-hybridized carbons (Fsp3) is 0.571. The quantitative estimate of drug-likeness (QED) is 0.887. The summed E-state index contributed by atoms with van der Waals surface area (Å²) in [7, 11) is 0. The Balaban J connectivity index is 1.79. The normalized spacial score (nSPS) is 19.1. The number of aliphatic imine (C=N–C) groups is 1. The first-order chi connectivity index (χ1) is 8.83. The lowest BCUT2D eigenvalue weighted by atomic mass is 9.99. The number of amidine groups is 1. The third-order valence-corrected chi connectivity index (χ3v) is 4.73. The molecule has 1 aromatic heterocycles. The first-order valence-electron chi connectivity index (χ1n) is 6.68. The van der Waals surface area contributed by atoms with E-state index in [0.29, 0.717) is 5.25 Å². The number of pyridine rings is 1. The number of hydrogen-bond donors (Lipinski definition) is 1. The van der Waals surface area contributed by atoms with Crippen molar-refractivity contribution in [3.8, 4) is 0 Å². The van der Waals surface area contributed by atoms with E-state index in [2.05, 4.69) is 29.1 Å².